The Bertz CT molecular complexity index is 511. The van der Waals surface area contributed by atoms with Crippen LogP contribution in [0.5, 0.6) is 0 Å². The lowest BCUT2D eigenvalue weighted by Gasteiger charge is -2.06. The lowest BCUT2D eigenvalue weighted by atomic mass is 10.2. The first-order valence-corrected chi connectivity index (χ1v) is 6.09. The maximum absolute atomic E-state index is 13.8. The fourth-order valence-corrected chi connectivity index (χ4v) is 2.17. The van der Waals surface area contributed by atoms with E-state index < -0.39 is 11.6 Å². The molecule has 0 aliphatic heterocycles. The summed E-state index contributed by atoms with van der Waals surface area (Å²) in [7, 11) is 1.72. The molecule has 0 fully saturated rings. The van der Waals surface area contributed by atoms with Gasteiger partial charge in [0, 0.05) is 18.9 Å². The van der Waals surface area contributed by atoms with E-state index in [0.29, 0.717) is 17.3 Å². The highest BCUT2D eigenvalue weighted by Crippen LogP contribution is 2.30. The molecule has 2 rings (SSSR count). The summed E-state index contributed by atoms with van der Waals surface area (Å²) in [6, 6.07) is 4.27. The summed E-state index contributed by atoms with van der Waals surface area (Å²) < 4.78 is 27.6. The summed E-state index contributed by atoms with van der Waals surface area (Å²) in [6.07, 6.45) is 3.06. The average molecular weight is 267 g/mol. The monoisotopic (exact) mass is 267 g/mol. The van der Waals surface area contributed by atoms with Gasteiger partial charge in [-0.1, -0.05) is 0 Å². The minimum atomic E-state index is -0.599. The predicted molar refractivity (Wildman–Crippen MR) is 65.3 cm³/mol. The van der Waals surface area contributed by atoms with Gasteiger partial charge in [-0.15, -0.1) is 0 Å². The Morgan fingerprint density at radius 1 is 1.17 bits per heavy atom. The largest absolute Gasteiger partial charge is 0.316 e. The summed E-state index contributed by atoms with van der Waals surface area (Å²) in [5, 5.41) is 3.16. The van der Waals surface area contributed by atoms with Crippen molar-refractivity contribution in [1.29, 1.82) is 0 Å². The van der Waals surface area contributed by atoms with Crippen LogP contribution in [0.15, 0.2) is 40.6 Å². The van der Waals surface area contributed by atoms with E-state index in [9.17, 15) is 8.78 Å². The van der Waals surface area contributed by atoms with Gasteiger partial charge in [0.1, 0.15) is 11.6 Å². The van der Waals surface area contributed by atoms with E-state index in [1.807, 2.05) is 0 Å². The summed E-state index contributed by atoms with van der Waals surface area (Å²) in [5.74, 6) is -1.20. The second-order valence-corrected chi connectivity index (χ2v) is 4.53. The zero-order chi connectivity index (χ0) is 13.0. The molecular formula is C12H11F2N3S. The molecule has 6 heteroatoms. The molecule has 1 aromatic carbocycles. The third-order valence-electron chi connectivity index (χ3n) is 2.17. The molecule has 0 saturated heterocycles. The van der Waals surface area contributed by atoms with E-state index >= 15 is 0 Å². The van der Waals surface area contributed by atoms with Crippen molar-refractivity contribution < 1.29 is 8.78 Å². The Balaban J connectivity index is 2.28. The van der Waals surface area contributed by atoms with Crippen molar-refractivity contribution in [2.45, 2.75) is 16.6 Å². The van der Waals surface area contributed by atoms with E-state index in [1.165, 1.54) is 24.5 Å². The number of nitrogens with zero attached hydrogens (tertiary/aromatic N) is 2. The van der Waals surface area contributed by atoms with Crippen LogP contribution < -0.4 is 5.32 Å². The van der Waals surface area contributed by atoms with Crippen molar-refractivity contribution >= 4 is 11.8 Å². The van der Waals surface area contributed by atoms with E-state index in [2.05, 4.69) is 15.3 Å². The molecular weight excluding hydrogens is 256 g/mol. The molecule has 3 nitrogen and oxygen atoms in total. The van der Waals surface area contributed by atoms with Crippen LogP contribution in [-0.4, -0.2) is 17.0 Å². The lowest BCUT2D eigenvalue weighted by molar-refractivity contribution is 0.535. The molecule has 0 atom stereocenters. The molecule has 1 heterocycles. The Morgan fingerprint density at radius 3 is 2.33 bits per heavy atom. The zero-order valence-corrected chi connectivity index (χ0v) is 10.5. The number of aromatic nitrogens is 2. The molecule has 0 amide bonds. The van der Waals surface area contributed by atoms with Gasteiger partial charge in [-0.2, -0.15) is 0 Å². The van der Waals surface area contributed by atoms with Crippen LogP contribution in [-0.2, 0) is 6.54 Å². The molecule has 18 heavy (non-hydrogen) atoms. The van der Waals surface area contributed by atoms with Crippen molar-refractivity contribution in [3.63, 3.8) is 0 Å². The van der Waals surface area contributed by atoms with E-state index in [4.69, 9.17) is 0 Å². The third kappa shape index (κ3) is 3.02. The van der Waals surface area contributed by atoms with Crippen LogP contribution in [0.4, 0.5) is 8.78 Å². The minimum Gasteiger partial charge on any atom is -0.316 e. The van der Waals surface area contributed by atoms with Crippen molar-refractivity contribution in [3.05, 3.63) is 47.8 Å². The second-order valence-electron chi connectivity index (χ2n) is 3.55. The first kappa shape index (κ1) is 12.9. The average Bonchev–Trinajstić information content (AvgIpc) is 2.36. The summed E-state index contributed by atoms with van der Waals surface area (Å²) >= 11 is 0.875. The normalized spacial score (nSPS) is 10.6. The molecule has 0 saturated carbocycles. The molecule has 0 bridgehead atoms. The highest BCUT2D eigenvalue weighted by Gasteiger charge is 2.13. The SMILES string of the molecule is CNCc1cc(F)c(Sc2ncccn2)c(F)c1. The highest BCUT2D eigenvalue weighted by molar-refractivity contribution is 7.99. The van der Waals surface area contributed by atoms with Gasteiger partial charge in [0.2, 0.25) is 0 Å². The standard InChI is InChI=1S/C12H11F2N3S/c1-15-7-8-5-9(13)11(10(14)6-8)18-12-16-3-2-4-17-12/h2-6,15H,7H2,1H3. The Labute approximate surface area is 108 Å². The molecule has 1 N–H and O–H groups in total. The van der Waals surface area contributed by atoms with Crippen LogP contribution in [0.3, 0.4) is 0 Å². The maximum atomic E-state index is 13.8. The van der Waals surface area contributed by atoms with E-state index in [0.717, 1.165) is 11.8 Å². The van der Waals surface area contributed by atoms with Crippen LogP contribution >= 0.6 is 11.8 Å². The van der Waals surface area contributed by atoms with Gasteiger partial charge >= 0.3 is 0 Å². The molecule has 94 valence electrons. The predicted octanol–water partition coefficient (Wildman–Crippen LogP) is 2.63. The summed E-state index contributed by atoms with van der Waals surface area (Å²) in [6.45, 7) is 0.417. The lowest BCUT2D eigenvalue weighted by Crippen LogP contribution is -2.06. The van der Waals surface area contributed by atoms with Gasteiger partial charge in [-0.3, -0.25) is 0 Å². The van der Waals surface area contributed by atoms with Crippen molar-refractivity contribution in [1.82, 2.24) is 15.3 Å². The molecule has 1 aromatic heterocycles. The number of hydrogen-bond acceptors (Lipinski definition) is 4. The van der Waals surface area contributed by atoms with Gasteiger partial charge in [-0.05, 0) is 42.6 Å². The Hall–Kier alpha value is -1.53. The zero-order valence-electron chi connectivity index (χ0n) is 9.65. The molecule has 0 aliphatic carbocycles. The first-order valence-electron chi connectivity index (χ1n) is 5.28. The topological polar surface area (TPSA) is 37.8 Å². The highest BCUT2D eigenvalue weighted by atomic mass is 32.2. The van der Waals surface area contributed by atoms with Gasteiger partial charge in [0.05, 0.1) is 4.90 Å². The Morgan fingerprint density at radius 2 is 1.78 bits per heavy atom. The van der Waals surface area contributed by atoms with Gasteiger partial charge in [0.25, 0.3) is 0 Å². The molecule has 2 aromatic rings. The van der Waals surface area contributed by atoms with Crippen LogP contribution in [0.2, 0.25) is 0 Å². The number of hydrogen-bond donors (Lipinski definition) is 1. The molecule has 0 unspecified atom stereocenters. The van der Waals surface area contributed by atoms with Gasteiger partial charge in [0.15, 0.2) is 5.16 Å². The smallest absolute Gasteiger partial charge is 0.192 e. The summed E-state index contributed by atoms with van der Waals surface area (Å²) in [5.41, 5.74) is 0.561. The van der Waals surface area contributed by atoms with E-state index in [1.54, 1.807) is 13.1 Å². The minimum absolute atomic E-state index is 0.0824. The fourth-order valence-electron chi connectivity index (χ4n) is 1.45. The van der Waals surface area contributed by atoms with Crippen LogP contribution in [0.25, 0.3) is 0 Å². The van der Waals surface area contributed by atoms with Crippen molar-refractivity contribution in [2.24, 2.45) is 0 Å². The van der Waals surface area contributed by atoms with Crippen molar-refractivity contribution in [2.75, 3.05) is 7.05 Å². The third-order valence-corrected chi connectivity index (χ3v) is 3.16. The Kier molecular flexibility index (Phi) is 4.22. The van der Waals surface area contributed by atoms with Crippen LogP contribution in [0, 0.1) is 11.6 Å². The number of halogens is 2. The number of benzene rings is 1. The van der Waals surface area contributed by atoms with Crippen molar-refractivity contribution in [3.8, 4) is 0 Å². The van der Waals surface area contributed by atoms with Crippen LogP contribution in [0.1, 0.15) is 5.56 Å². The molecule has 0 radical (unpaired) electrons. The fraction of sp³-hybridized carbons (Fsp3) is 0.167. The first-order chi connectivity index (χ1) is 8.70. The van der Waals surface area contributed by atoms with Gasteiger partial charge in [-0.25, -0.2) is 18.7 Å². The van der Waals surface area contributed by atoms with Gasteiger partial charge < -0.3 is 5.32 Å². The van der Waals surface area contributed by atoms with E-state index in [-0.39, 0.29) is 4.90 Å². The second kappa shape index (κ2) is 5.88. The quantitative estimate of drug-likeness (QED) is 0.864. The summed E-state index contributed by atoms with van der Waals surface area (Å²) in [4.78, 5) is 7.76. The maximum Gasteiger partial charge on any atom is 0.192 e. The number of rotatable bonds is 4. The number of nitrogens with one attached hydrogen (secondary N) is 1. The molecule has 0 spiro atoms. The molecule has 0 aliphatic rings.